The van der Waals surface area contributed by atoms with Gasteiger partial charge in [-0.05, 0) is 19.1 Å². The number of aromatic nitrogens is 1. The Morgan fingerprint density at radius 1 is 1.25 bits per heavy atom. The molecule has 0 aliphatic rings. The highest BCUT2D eigenvalue weighted by molar-refractivity contribution is 6.33. The van der Waals surface area contributed by atoms with Crippen molar-refractivity contribution in [2.75, 3.05) is 0 Å². The topological polar surface area (TPSA) is 52.3 Å². The summed E-state index contributed by atoms with van der Waals surface area (Å²) in [6.45, 7) is 1.85. The molecule has 0 aliphatic heterocycles. The van der Waals surface area contributed by atoms with E-state index < -0.39 is 11.8 Å². The molecule has 0 N–H and O–H groups in total. The molecule has 0 saturated carbocycles. The molecular weight excluding hydrogens is 333 g/mol. The molecule has 122 valence electrons. The molecule has 0 aliphatic carbocycles. The zero-order chi connectivity index (χ0) is 17.1. The van der Waals surface area contributed by atoms with Gasteiger partial charge in [-0.25, -0.2) is 9.18 Å². The lowest BCUT2D eigenvalue weighted by Gasteiger charge is -2.05. The van der Waals surface area contributed by atoms with Gasteiger partial charge in [-0.3, -0.25) is 0 Å². The van der Waals surface area contributed by atoms with Gasteiger partial charge >= 0.3 is 5.97 Å². The zero-order valence-corrected chi connectivity index (χ0v) is 13.5. The summed E-state index contributed by atoms with van der Waals surface area (Å²) in [7, 11) is 0. The van der Waals surface area contributed by atoms with Crippen LogP contribution in [0.3, 0.4) is 0 Å². The molecule has 1 heterocycles. The largest absolute Gasteiger partial charge is 0.455 e. The highest BCUT2D eigenvalue weighted by Crippen LogP contribution is 2.23. The van der Waals surface area contributed by atoms with Crippen LogP contribution in [-0.2, 0) is 11.3 Å². The van der Waals surface area contributed by atoms with Crippen LogP contribution in [0.5, 0.6) is 0 Å². The summed E-state index contributed by atoms with van der Waals surface area (Å²) >= 11 is 5.83. The second-order valence-electron chi connectivity index (χ2n) is 5.22. The Morgan fingerprint density at radius 3 is 2.71 bits per heavy atom. The van der Waals surface area contributed by atoms with Crippen LogP contribution < -0.4 is 0 Å². The van der Waals surface area contributed by atoms with Crippen LogP contribution in [0.2, 0.25) is 5.02 Å². The van der Waals surface area contributed by atoms with Crippen molar-refractivity contribution in [1.82, 2.24) is 5.16 Å². The predicted molar refractivity (Wildman–Crippen MR) is 87.2 cm³/mol. The van der Waals surface area contributed by atoms with Crippen molar-refractivity contribution in [3.8, 4) is 11.3 Å². The number of carbonyl (C=O) groups excluding carboxylic acids is 1. The van der Waals surface area contributed by atoms with Crippen LogP contribution in [0.15, 0.2) is 53.1 Å². The van der Waals surface area contributed by atoms with E-state index in [1.165, 1.54) is 12.1 Å². The van der Waals surface area contributed by atoms with Crippen LogP contribution in [-0.4, -0.2) is 11.1 Å². The zero-order valence-electron chi connectivity index (χ0n) is 12.8. The Morgan fingerprint density at radius 2 is 2.00 bits per heavy atom. The quantitative estimate of drug-likeness (QED) is 0.637. The van der Waals surface area contributed by atoms with E-state index in [0.29, 0.717) is 11.5 Å². The van der Waals surface area contributed by atoms with Crippen molar-refractivity contribution in [3.63, 3.8) is 0 Å². The van der Waals surface area contributed by atoms with Crippen LogP contribution in [0, 0.1) is 12.7 Å². The molecule has 0 unspecified atom stereocenters. The summed E-state index contributed by atoms with van der Waals surface area (Å²) in [5, 5.41) is 3.85. The minimum atomic E-state index is -0.849. The van der Waals surface area contributed by atoms with E-state index in [1.807, 2.05) is 31.2 Å². The van der Waals surface area contributed by atoms with Gasteiger partial charge in [0.15, 0.2) is 5.76 Å². The summed E-state index contributed by atoms with van der Waals surface area (Å²) in [6.07, 6.45) is 0. The van der Waals surface area contributed by atoms with Crippen LogP contribution in [0.25, 0.3) is 11.3 Å². The van der Waals surface area contributed by atoms with E-state index in [-0.39, 0.29) is 17.2 Å². The molecule has 0 radical (unpaired) electrons. The number of hydrogen-bond donors (Lipinski definition) is 0. The Balaban J connectivity index is 1.69. The number of nitrogens with zero attached hydrogens (tertiary/aromatic N) is 1. The summed E-state index contributed by atoms with van der Waals surface area (Å²) in [6, 6.07) is 13.4. The van der Waals surface area contributed by atoms with E-state index in [0.717, 1.165) is 17.2 Å². The van der Waals surface area contributed by atoms with Crippen molar-refractivity contribution >= 4 is 17.6 Å². The smallest absolute Gasteiger partial charge is 0.343 e. The van der Waals surface area contributed by atoms with Gasteiger partial charge in [0.25, 0.3) is 0 Å². The number of ether oxygens (including phenoxy) is 1. The minimum absolute atomic E-state index is 0.000460. The van der Waals surface area contributed by atoms with Gasteiger partial charge in [0.05, 0.1) is 5.02 Å². The second-order valence-corrected chi connectivity index (χ2v) is 5.63. The van der Waals surface area contributed by atoms with Gasteiger partial charge in [-0.15, -0.1) is 0 Å². The van der Waals surface area contributed by atoms with E-state index in [1.54, 1.807) is 6.07 Å². The summed E-state index contributed by atoms with van der Waals surface area (Å²) in [4.78, 5) is 12.0. The fourth-order valence-corrected chi connectivity index (χ4v) is 2.38. The number of esters is 1. The molecule has 0 spiro atoms. The Kier molecular flexibility index (Phi) is 4.62. The van der Waals surface area contributed by atoms with Gasteiger partial charge in [0.2, 0.25) is 0 Å². The molecule has 0 bridgehead atoms. The molecule has 3 rings (SSSR count). The number of benzene rings is 2. The van der Waals surface area contributed by atoms with Crippen LogP contribution in [0.4, 0.5) is 4.39 Å². The third-order valence-corrected chi connectivity index (χ3v) is 3.73. The molecule has 0 fully saturated rings. The Bertz CT molecular complexity index is 854. The van der Waals surface area contributed by atoms with Crippen molar-refractivity contribution < 1.29 is 18.4 Å². The number of rotatable bonds is 4. The fraction of sp³-hybridized carbons (Fsp3) is 0.111. The highest BCUT2D eigenvalue weighted by atomic mass is 35.5. The maximum atomic E-state index is 13.7. The van der Waals surface area contributed by atoms with Gasteiger partial charge < -0.3 is 9.26 Å². The first-order valence-corrected chi connectivity index (χ1v) is 7.56. The van der Waals surface area contributed by atoms with Gasteiger partial charge in [0.1, 0.15) is 23.7 Å². The van der Waals surface area contributed by atoms with Gasteiger partial charge in [-0.1, -0.05) is 52.7 Å². The highest BCUT2D eigenvalue weighted by Gasteiger charge is 2.18. The lowest BCUT2D eigenvalue weighted by molar-refractivity contribution is 0.0459. The van der Waals surface area contributed by atoms with E-state index >= 15 is 0 Å². The summed E-state index contributed by atoms with van der Waals surface area (Å²) in [5.41, 5.74) is 2.13. The lowest BCUT2D eigenvalue weighted by atomic mass is 10.1. The van der Waals surface area contributed by atoms with E-state index in [9.17, 15) is 9.18 Å². The monoisotopic (exact) mass is 345 g/mol. The molecule has 0 atom stereocenters. The first-order chi connectivity index (χ1) is 11.5. The summed E-state index contributed by atoms with van der Waals surface area (Å²) < 4.78 is 24.0. The first kappa shape index (κ1) is 16.2. The number of aryl methyl sites for hydroxylation is 1. The van der Waals surface area contributed by atoms with Gasteiger partial charge in [0, 0.05) is 11.6 Å². The average Bonchev–Trinajstić information content (AvgIpc) is 3.02. The molecule has 3 aromatic rings. The first-order valence-electron chi connectivity index (χ1n) is 7.18. The Hall–Kier alpha value is -2.66. The molecule has 4 nitrogen and oxygen atoms in total. The van der Waals surface area contributed by atoms with Crippen molar-refractivity contribution in [1.29, 1.82) is 0 Å². The Labute approximate surface area is 142 Å². The molecule has 6 heteroatoms. The minimum Gasteiger partial charge on any atom is -0.455 e. The number of halogens is 2. The molecular formula is C18H13ClFNO3. The molecule has 0 saturated heterocycles. The van der Waals surface area contributed by atoms with Crippen LogP contribution >= 0.6 is 11.6 Å². The van der Waals surface area contributed by atoms with Crippen molar-refractivity contribution in [2.24, 2.45) is 0 Å². The lowest BCUT2D eigenvalue weighted by Crippen LogP contribution is -2.08. The molecule has 2 aromatic carbocycles. The average molecular weight is 346 g/mol. The van der Waals surface area contributed by atoms with E-state index in [4.69, 9.17) is 20.9 Å². The number of hydrogen-bond acceptors (Lipinski definition) is 4. The fourth-order valence-electron chi connectivity index (χ4n) is 2.14. The number of carbonyl (C=O) groups is 1. The summed E-state index contributed by atoms with van der Waals surface area (Å²) in [5.74, 6) is -1.02. The SMILES string of the molecule is Cc1ccc(-c2cc(COC(=O)c3c(F)cccc3Cl)no2)cc1. The third-order valence-electron chi connectivity index (χ3n) is 3.41. The second kappa shape index (κ2) is 6.84. The third kappa shape index (κ3) is 3.46. The standard InChI is InChI=1S/C18H13ClFNO3/c1-11-5-7-12(8-6-11)16-9-13(21-24-16)10-23-18(22)17-14(19)3-2-4-15(17)20/h2-9H,10H2,1H3. The predicted octanol–water partition coefficient (Wildman–Crippen LogP) is 4.80. The maximum absolute atomic E-state index is 13.7. The normalized spacial score (nSPS) is 10.6. The molecule has 1 aromatic heterocycles. The van der Waals surface area contributed by atoms with E-state index in [2.05, 4.69) is 5.16 Å². The van der Waals surface area contributed by atoms with Gasteiger partial charge in [-0.2, -0.15) is 0 Å². The van der Waals surface area contributed by atoms with Crippen LogP contribution in [0.1, 0.15) is 21.6 Å². The maximum Gasteiger partial charge on any atom is 0.343 e. The molecule has 24 heavy (non-hydrogen) atoms. The molecule has 0 amide bonds. The van der Waals surface area contributed by atoms with Crippen molar-refractivity contribution in [3.05, 3.63) is 76.2 Å². The van der Waals surface area contributed by atoms with Crippen molar-refractivity contribution in [2.45, 2.75) is 13.5 Å².